The van der Waals surface area contributed by atoms with Crippen molar-refractivity contribution in [3.63, 3.8) is 0 Å². The molecule has 2 nitrogen and oxygen atoms in total. The van der Waals surface area contributed by atoms with Crippen LogP contribution in [-0.2, 0) is 0 Å². The Kier molecular flexibility index (Phi) is 7.92. The van der Waals surface area contributed by atoms with Crippen molar-refractivity contribution < 1.29 is 0 Å². The molecule has 0 bridgehead atoms. The lowest BCUT2D eigenvalue weighted by molar-refractivity contribution is 0.0929. The van der Waals surface area contributed by atoms with Crippen LogP contribution in [0.1, 0.15) is 65.7 Å². The average molecular weight is 254 g/mol. The lowest BCUT2D eigenvalue weighted by Crippen LogP contribution is -2.47. The van der Waals surface area contributed by atoms with Gasteiger partial charge in [0.2, 0.25) is 0 Å². The molecule has 0 aromatic carbocycles. The summed E-state index contributed by atoms with van der Waals surface area (Å²) in [5, 5.41) is 0. The summed E-state index contributed by atoms with van der Waals surface area (Å²) in [4.78, 5) is 2.66. The van der Waals surface area contributed by atoms with E-state index in [1.54, 1.807) is 0 Å². The highest BCUT2D eigenvalue weighted by Gasteiger charge is 2.26. The van der Waals surface area contributed by atoms with Crippen molar-refractivity contribution in [2.75, 3.05) is 19.6 Å². The normalized spacial score (nSPS) is 27.3. The molecule has 1 heterocycles. The lowest BCUT2D eigenvalue weighted by Gasteiger charge is -2.40. The van der Waals surface area contributed by atoms with Gasteiger partial charge in [-0.3, -0.25) is 4.90 Å². The molecule has 1 aliphatic heterocycles. The molecule has 1 rings (SSSR count). The van der Waals surface area contributed by atoms with Gasteiger partial charge >= 0.3 is 0 Å². The minimum Gasteiger partial charge on any atom is -0.329 e. The topological polar surface area (TPSA) is 29.3 Å². The Labute approximate surface area is 114 Å². The Morgan fingerprint density at radius 3 is 2.44 bits per heavy atom. The molecule has 0 amide bonds. The lowest BCUT2D eigenvalue weighted by atomic mass is 9.87. The summed E-state index contributed by atoms with van der Waals surface area (Å²) in [5.74, 6) is 1.73. The van der Waals surface area contributed by atoms with E-state index in [0.29, 0.717) is 6.04 Å². The molecule has 2 N–H and O–H groups in total. The summed E-state index contributed by atoms with van der Waals surface area (Å²) in [7, 11) is 0. The van der Waals surface area contributed by atoms with Gasteiger partial charge in [-0.15, -0.1) is 0 Å². The number of nitrogens with zero attached hydrogens (tertiary/aromatic N) is 1. The first-order chi connectivity index (χ1) is 8.69. The van der Waals surface area contributed by atoms with E-state index in [1.807, 2.05) is 0 Å². The molecule has 0 aromatic heterocycles. The van der Waals surface area contributed by atoms with Crippen LogP contribution in [0.15, 0.2) is 0 Å². The van der Waals surface area contributed by atoms with Crippen molar-refractivity contribution in [1.82, 2.24) is 4.90 Å². The SMILES string of the molecule is CCCCCCCC(CN)N1CCC(C)C(C)C1. The van der Waals surface area contributed by atoms with E-state index in [-0.39, 0.29) is 0 Å². The Hall–Kier alpha value is -0.0800. The minimum absolute atomic E-state index is 0.640. The monoisotopic (exact) mass is 254 g/mol. The molecule has 0 aliphatic carbocycles. The third-order valence-electron chi connectivity index (χ3n) is 4.79. The summed E-state index contributed by atoms with van der Waals surface area (Å²) in [6.07, 6.45) is 9.55. The van der Waals surface area contributed by atoms with Crippen LogP contribution in [0, 0.1) is 11.8 Å². The predicted molar refractivity (Wildman–Crippen MR) is 80.7 cm³/mol. The number of nitrogens with two attached hydrogens (primary N) is 1. The van der Waals surface area contributed by atoms with Gasteiger partial charge in [0.1, 0.15) is 0 Å². The number of likely N-dealkylation sites (tertiary alicyclic amines) is 1. The molecule has 1 fully saturated rings. The third kappa shape index (κ3) is 5.27. The first-order valence-electron chi connectivity index (χ1n) is 8.13. The first kappa shape index (κ1) is 16.0. The standard InChI is InChI=1S/C16H34N2/c1-4-5-6-7-8-9-16(12-17)18-11-10-14(2)15(3)13-18/h14-16H,4-13,17H2,1-3H3. The molecule has 3 atom stereocenters. The molecular formula is C16H34N2. The van der Waals surface area contributed by atoms with E-state index in [9.17, 15) is 0 Å². The second-order valence-electron chi connectivity index (χ2n) is 6.33. The van der Waals surface area contributed by atoms with Crippen LogP contribution in [0.2, 0.25) is 0 Å². The smallest absolute Gasteiger partial charge is 0.0218 e. The van der Waals surface area contributed by atoms with Crippen molar-refractivity contribution >= 4 is 0 Å². The Morgan fingerprint density at radius 2 is 1.83 bits per heavy atom. The molecule has 3 unspecified atom stereocenters. The fraction of sp³-hybridized carbons (Fsp3) is 1.00. The fourth-order valence-electron chi connectivity index (χ4n) is 3.06. The summed E-state index contributed by atoms with van der Waals surface area (Å²) >= 11 is 0. The van der Waals surface area contributed by atoms with Gasteiger partial charge in [-0.2, -0.15) is 0 Å². The highest BCUT2D eigenvalue weighted by Crippen LogP contribution is 2.25. The largest absolute Gasteiger partial charge is 0.329 e. The van der Waals surface area contributed by atoms with Crippen molar-refractivity contribution in [1.29, 1.82) is 0 Å². The van der Waals surface area contributed by atoms with Crippen molar-refractivity contribution in [3.05, 3.63) is 0 Å². The summed E-state index contributed by atoms with van der Waals surface area (Å²) in [6, 6.07) is 0.640. The van der Waals surface area contributed by atoms with Crippen molar-refractivity contribution in [3.8, 4) is 0 Å². The number of piperidine rings is 1. The van der Waals surface area contributed by atoms with Gasteiger partial charge < -0.3 is 5.73 Å². The van der Waals surface area contributed by atoms with E-state index in [2.05, 4.69) is 25.7 Å². The van der Waals surface area contributed by atoms with Gasteiger partial charge in [0, 0.05) is 19.1 Å². The summed E-state index contributed by atoms with van der Waals surface area (Å²) in [5.41, 5.74) is 5.98. The van der Waals surface area contributed by atoms with Crippen LogP contribution < -0.4 is 5.73 Å². The van der Waals surface area contributed by atoms with Crippen LogP contribution in [0.4, 0.5) is 0 Å². The number of hydrogen-bond acceptors (Lipinski definition) is 2. The molecule has 0 radical (unpaired) electrons. The fourth-order valence-corrected chi connectivity index (χ4v) is 3.06. The Bertz CT molecular complexity index is 205. The zero-order valence-electron chi connectivity index (χ0n) is 12.8. The van der Waals surface area contributed by atoms with Gasteiger partial charge in [-0.25, -0.2) is 0 Å². The molecule has 2 heteroatoms. The van der Waals surface area contributed by atoms with E-state index in [0.717, 1.165) is 18.4 Å². The van der Waals surface area contributed by atoms with Gasteiger partial charge in [0.05, 0.1) is 0 Å². The van der Waals surface area contributed by atoms with Gasteiger partial charge in [-0.1, -0.05) is 52.9 Å². The molecule has 0 aromatic rings. The van der Waals surface area contributed by atoms with Gasteiger partial charge in [-0.05, 0) is 31.2 Å². The average Bonchev–Trinajstić information content (AvgIpc) is 2.37. The number of rotatable bonds is 8. The van der Waals surface area contributed by atoms with Crippen molar-refractivity contribution in [2.45, 2.75) is 71.8 Å². The second kappa shape index (κ2) is 8.92. The second-order valence-corrected chi connectivity index (χ2v) is 6.33. The Morgan fingerprint density at radius 1 is 1.11 bits per heavy atom. The molecule has 18 heavy (non-hydrogen) atoms. The van der Waals surface area contributed by atoms with Crippen LogP contribution in [0.3, 0.4) is 0 Å². The molecule has 1 saturated heterocycles. The van der Waals surface area contributed by atoms with E-state index in [4.69, 9.17) is 5.73 Å². The number of unbranched alkanes of at least 4 members (excludes halogenated alkanes) is 4. The highest BCUT2D eigenvalue weighted by molar-refractivity contribution is 4.81. The Balaban J connectivity index is 2.23. The molecular weight excluding hydrogens is 220 g/mol. The van der Waals surface area contributed by atoms with Gasteiger partial charge in [0.15, 0.2) is 0 Å². The summed E-state index contributed by atoms with van der Waals surface area (Å²) < 4.78 is 0. The molecule has 108 valence electrons. The first-order valence-corrected chi connectivity index (χ1v) is 8.13. The predicted octanol–water partition coefficient (Wildman–Crippen LogP) is 3.65. The number of hydrogen-bond donors (Lipinski definition) is 1. The van der Waals surface area contributed by atoms with Crippen LogP contribution >= 0.6 is 0 Å². The van der Waals surface area contributed by atoms with Crippen molar-refractivity contribution in [2.24, 2.45) is 17.6 Å². The van der Waals surface area contributed by atoms with E-state index in [1.165, 1.54) is 58.0 Å². The van der Waals surface area contributed by atoms with Gasteiger partial charge in [0.25, 0.3) is 0 Å². The third-order valence-corrected chi connectivity index (χ3v) is 4.79. The van der Waals surface area contributed by atoms with Crippen LogP contribution in [0.5, 0.6) is 0 Å². The summed E-state index contributed by atoms with van der Waals surface area (Å²) in [6.45, 7) is 10.4. The molecule has 0 spiro atoms. The quantitative estimate of drug-likeness (QED) is 0.670. The maximum Gasteiger partial charge on any atom is 0.0218 e. The zero-order chi connectivity index (χ0) is 13.4. The van der Waals surface area contributed by atoms with E-state index < -0.39 is 0 Å². The maximum absolute atomic E-state index is 5.98. The maximum atomic E-state index is 5.98. The molecule has 0 saturated carbocycles. The highest BCUT2D eigenvalue weighted by atomic mass is 15.2. The molecule has 1 aliphatic rings. The van der Waals surface area contributed by atoms with E-state index >= 15 is 0 Å². The van der Waals surface area contributed by atoms with Crippen LogP contribution in [0.25, 0.3) is 0 Å². The van der Waals surface area contributed by atoms with Crippen LogP contribution in [-0.4, -0.2) is 30.6 Å². The zero-order valence-corrected chi connectivity index (χ0v) is 12.8. The minimum atomic E-state index is 0.640.